The Bertz CT molecular complexity index is 163. The highest BCUT2D eigenvalue weighted by Gasteiger charge is 2.45. The van der Waals surface area contributed by atoms with E-state index < -0.39 is 0 Å². The molecule has 0 aromatic rings. The zero-order valence-electron chi connectivity index (χ0n) is 9.32. The Morgan fingerprint density at radius 2 is 1.93 bits per heavy atom. The molecule has 1 atom stereocenters. The summed E-state index contributed by atoms with van der Waals surface area (Å²) in [7, 11) is 3.36. The lowest BCUT2D eigenvalue weighted by Gasteiger charge is -2.50. The van der Waals surface area contributed by atoms with Crippen LogP contribution in [-0.4, -0.2) is 55.8 Å². The third-order valence-electron chi connectivity index (χ3n) is 3.04. The van der Waals surface area contributed by atoms with E-state index in [1.54, 1.807) is 14.2 Å². The minimum Gasteiger partial charge on any atom is -0.396 e. The molecular formula is C10H21NO3. The first-order valence-corrected chi connectivity index (χ1v) is 5.12. The number of hydrogen-bond acceptors (Lipinski definition) is 4. The van der Waals surface area contributed by atoms with E-state index in [1.165, 1.54) is 0 Å². The lowest BCUT2D eigenvalue weighted by atomic mass is 10.0. The molecule has 1 rings (SSSR count). The quantitative estimate of drug-likeness (QED) is 0.637. The summed E-state index contributed by atoms with van der Waals surface area (Å²) in [4.78, 5) is 2.31. The zero-order valence-corrected chi connectivity index (χ0v) is 9.32. The first-order valence-electron chi connectivity index (χ1n) is 5.12. The number of hydrogen-bond donors (Lipinski definition) is 1. The van der Waals surface area contributed by atoms with Gasteiger partial charge in [0.25, 0.3) is 0 Å². The first-order chi connectivity index (χ1) is 6.67. The molecule has 0 aliphatic carbocycles. The van der Waals surface area contributed by atoms with E-state index in [1.807, 2.05) is 0 Å². The third-order valence-corrected chi connectivity index (χ3v) is 3.04. The van der Waals surface area contributed by atoms with Gasteiger partial charge in [-0.15, -0.1) is 0 Å². The molecule has 1 unspecified atom stereocenters. The summed E-state index contributed by atoms with van der Waals surface area (Å²) in [5, 5.41) is 8.71. The van der Waals surface area contributed by atoms with Crippen LogP contribution in [0.15, 0.2) is 0 Å². The summed E-state index contributed by atoms with van der Waals surface area (Å²) in [6.07, 6.45) is 1.89. The summed E-state index contributed by atoms with van der Waals surface area (Å²) < 4.78 is 10.6. The molecule has 0 amide bonds. The normalized spacial score (nSPS) is 23.1. The van der Waals surface area contributed by atoms with Gasteiger partial charge < -0.3 is 14.6 Å². The monoisotopic (exact) mass is 203 g/mol. The molecule has 84 valence electrons. The first kappa shape index (κ1) is 11.9. The summed E-state index contributed by atoms with van der Waals surface area (Å²) in [5.74, 6) is -0.381. The van der Waals surface area contributed by atoms with Gasteiger partial charge in [0.2, 0.25) is 0 Å². The van der Waals surface area contributed by atoms with E-state index >= 15 is 0 Å². The van der Waals surface area contributed by atoms with Crippen molar-refractivity contribution in [1.82, 2.24) is 4.90 Å². The number of ether oxygens (including phenoxy) is 2. The highest BCUT2D eigenvalue weighted by molar-refractivity contribution is 4.91. The number of nitrogens with zero attached hydrogens (tertiary/aromatic N) is 1. The van der Waals surface area contributed by atoms with Gasteiger partial charge in [-0.2, -0.15) is 0 Å². The molecule has 0 spiro atoms. The predicted octanol–water partition coefficient (Wildman–Crippen LogP) is 0.452. The molecule has 0 aromatic carbocycles. The van der Waals surface area contributed by atoms with Gasteiger partial charge in [0.05, 0.1) is 13.1 Å². The number of aliphatic hydroxyl groups is 1. The van der Waals surface area contributed by atoms with Crippen molar-refractivity contribution >= 4 is 0 Å². The van der Waals surface area contributed by atoms with E-state index in [0.717, 1.165) is 25.9 Å². The van der Waals surface area contributed by atoms with Crippen molar-refractivity contribution in [3.05, 3.63) is 0 Å². The Morgan fingerprint density at radius 3 is 2.36 bits per heavy atom. The minimum absolute atomic E-state index is 0.276. The van der Waals surface area contributed by atoms with Crippen LogP contribution in [-0.2, 0) is 9.47 Å². The lowest BCUT2D eigenvalue weighted by molar-refractivity contribution is -0.281. The van der Waals surface area contributed by atoms with Crippen LogP contribution < -0.4 is 0 Å². The summed E-state index contributed by atoms with van der Waals surface area (Å²) in [6.45, 7) is 4.10. The largest absolute Gasteiger partial charge is 0.396 e. The van der Waals surface area contributed by atoms with Crippen LogP contribution in [0.1, 0.15) is 19.8 Å². The maximum atomic E-state index is 8.71. The van der Waals surface area contributed by atoms with Crippen LogP contribution in [0.4, 0.5) is 0 Å². The maximum absolute atomic E-state index is 8.71. The average molecular weight is 203 g/mol. The molecule has 14 heavy (non-hydrogen) atoms. The topological polar surface area (TPSA) is 41.9 Å². The second-order valence-corrected chi connectivity index (χ2v) is 3.94. The summed E-state index contributed by atoms with van der Waals surface area (Å²) in [6, 6.07) is 0.501. The lowest BCUT2D eigenvalue weighted by Crippen LogP contribution is -2.66. The molecule has 0 bridgehead atoms. The van der Waals surface area contributed by atoms with Gasteiger partial charge >= 0.3 is 0 Å². The van der Waals surface area contributed by atoms with Crippen molar-refractivity contribution in [2.24, 2.45) is 0 Å². The van der Waals surface area contributed by atoms with Gasteiger partial charge in [-0.05, 0) is 19.8 Å². The van der Waals surface area contributed by atoms with Crippen LogP contribution in [0.5, 0.6) is 0 Å². The SMILES string of the molecule is COC1(OC)CN(C(C)CCCO)C1. The van der Waals surface area contributed by atoms with Crippen molar-refractivity contribution in [3.63, 3.8) is 0 Å². The Balaban J connectivity index is 2.25. The predicted molar refractivity (Wildman–Crippen MR) is 54.1 cm³/mol. The van der Waals surface area contributed by atoms with E-state index in [2.05, 4.69) is 11.8 Å². The van der Waals surface area contributed by atoms with Gasteiger partial charge in [-0.1, -0.05) is 0 Å². The zero-order chi connectivity index (χ0) is 10.6. The second-order valence-electron chi connectivity index (χ2n) is 3.94. The molecule has 1 fully saturated rings. The highest BCUT2D eigenvalue weighted by atomic mass is 16.7. The fraction of sp³-hybridized carbons (Fsp3) is 1.00. The summed E-state index contributed by atoms with van der Waals surface area (Å²) in [5.41, 5.74) is 0. The molecule has 0 radical (unpaired) electrons. The number of aliphatic hydroxyl groups excluding tert-OH is 1. The Morgan fingerprint density at radius 1 is 1.36 bits per heavy atom. The van der Waals surface area contributed by atoms with Crippen molar-refractivity contribution in [2.75, 3.05) is 33.9 Å². The standard InChI is InChI=1S/C10H21NO3/c1-9(5-4-6-12)11-7-10(8-11,13-2)14-3/h9,12H,4-8H2,1-3H3. The molecule has 1 aliphatic rings. The molecular weight excluding hydrogens is 182 g/mol. The van der Waals surface area contributed by atoms with E-state index in [0.29, 0.717) is 6.04 Å². The second kappa shape index (κ2) is 5.07. The van der Waals surface area contributed by atoms with Crippen molar-refractivity contribution in [3.8, 4) is 0 Å². The molecule has 4 nitrogen and oxygen atoms in total. The van der Waals surface area contributed by atoms with Crippen LogP contribution in [0, 0.1) is 0 Å². The third kappa shape index (κ3) is 2.45. The van der Waals surface area contributed by atoms with Crippen LogP contribution in [0.2, 0.25) is 0 Å². The Labute approximate surface area is 85.8 Å². The molecule has 4 heteroatoms. The molecule has 1 saturated heterocycles. The Hall–Kier alpha value is -0.160. The van der Waals surface area contributed by atoms with E-state index in [-0.39, 0.29) is 12.4 Å². The van der Waals surface area contributed by atoms with Gasteiger partial charge in [0.15, 0.2) is 5.79 Å². The van der Waals surface area contributed by atoms with Gasteiger partial charge in [0.1, 0.15) is 0 Å². The number of rotatable bonds is 6. The number of methoxy groups -OCH3 is 2. The minimum atomic E-state index is -0.381. The molecule has 1 heterocycles. The van der Waals surface area contributed by atoms with Crippen LogP contribution in [0.25, 0.3) is 0 Å². The van der Waals surface area contributed by atoms with Crippen molar-refractivity contribution < 1.29 is 14.6 Å². The van der Waals surface area contributed by atoms with Crippen molar-refractivity contribution in [1.29, 1.82) is 0 Å². The number of likely N-dealkylation sites (tertiary alicyclic amines) is 1. The van der Waals surface area contributed by atoms with E-state index in [4.69, 9.17) is 14.6 Å². The summed E-state index contributed by atoms with van der Waals surface area (Å²) >= 11 is 0. The molecule has 1 aliphatic heterocycles. The van der Waals surface area contributed by atoms with Crippen LogP contribution in [0.3, 0.4) is 0 Å². The molecule has 0 saturated carbocycles. The highest BCUT2D eigenvalue weighted by Crippen LogP contribution is 2.28. The Kier molecular flexibility index (Phi) is 4.31. The fourth-order valence-electron chi connectivity index (χ4n) is 1.80. The average Bonchev–Trinajstić information content (AvgIpc) is 2.14. The molecule has 1 N–H and O–H groups in total. The maximum Gasteiger partial charge on any atom is 0.193 e. The van der Waals surface area contributed by atoms with Crippen molar-refractivity contribution in [2.45, 2.75) is 31.6 Å². The van der Waals surface area contributed by atoms with Gasteiger partial charge in [0, 0.05) is 26.9 Å². The van der Waals surface area contributed by atoms with Crippen LogP contribution >= 0.6 is 0 Å². The van der Waals surface area contributed by atoms with Gasteiger partial charge in [-0.25, -0.2) is 0 Å². The smallest absolute Gasteiger partial charge is 0.193 e. The fourth-order valence-corrected chi connectivity index (χ4v) is 1.80. The molecule has 0 aromatic heterocycles. The van der Waals surface area contributed by atoms with E-state index in [9.17, 15) is 0 Å². The van der Waals surface area contributed by atoms with Gasteiger partial charge in [-0.3, -0.25) is 4.90 Å².